The number of hydrogen-bond donors (Lipinski definition) is 1. The zero-order valence-electron chi connectivity index (χ0n) is 10.6. The molecular formula is C14H17NO3S. The minimum Gasteiger partial charge on any atom is -0.480 e. The van der Waals surface area contributed by atoms with Gasteiger partial charge in [0, 0.05) is 12.3 Å². The number of carboxylic acids is 1. The van der Waals surface area contributed by atoms with Crippen molar-refractivity contribution in [3.63, 3.8) is 0 Å². The van der Waals surface area contributed by atoms with Crippen molar-refractivity contribution in [1.82, 2.24) is 4.90 Å². The molecule has 0 spiro atoms. The molecule has 0 aliphatic carbocycles. The van der Waals surface area contributed by atoms with Gasteiger partial charge in [-0.05, 0) is 5.56 Å². The number of carbonyl (C=O) groups is 2. The highest BCUT2D eigenvalue weighted by Gasteiger charge is 2.15. The second kappa shape index (κ2) is 8.37. The molecule has 0 atom stereocenters. The van der Waals surface area contributed by atoms with Gasteiger partial charge in [0.2, 0.25) is 5.91 Å². The van der Waals surface area contributed by atoms with E-state index in [1.807, 2.05) is 30.3 Å². The smallest absolute Gasteiger partial charge is 0.323 e. The van der Waals surface area contributed by atoms with E-state index in [0.717, 1.165) is 11.3 Å². The zero-order valence-corrected chi connectivity index (χ0v) is 11.4. The summed E-state index contributed by atoms with van der Waals surface area (Å²) in [7, 11) is 0. The minimum absolute atomic E-state index is 0.178. The Hall–Kier alpha value is -1.75. The molecule has 5 heteroatoms. The van der Waals surface area contributed by atoms with Gasteiger partial charge in [-0.3, -0.25) is 9.59 Å². The van der Waals surface area contributed by atoms with Gasteiger partial charge in [-0.2, -0.15) is 0 Å². The van der Waals surface area contributed by atoms with Gasteiger partial charge in [0.1, 0.15) is 6.54 Å². The van der Waals surface area contributed by atoms with Gasteiger partial charge in [-0.25, -0.2) is 0 Å². The molecule has 1 aromatic rings. The predicted octanol–water partition coefficient (Wildman–Crippen LogP) is 2.02. The average Bonchev–Trinajstić information content (AvgIpc) is 2.39. The van der Waals surface area contributed by atoms with Crippen molar-refractivity contribution in [3.8, 4) is 0 Å². The van der Waals surface area contributed by atoms with Crippen LogP contribution in [0.5, 0.6) is 0 Å². The molecule has 1 amide bonds. The third kappa shape index (κ3) is 6.10. The molecule has 0 saturated carbocycles. The fraction of sp³-hybridized carbons (Fsp3) is 0.286. The van der Waals surface area contributed by atoms with Gasteiger partial charge in [0.25, 0.3) is 0 Å². The number of carbonyl (C=O) groups excluding carboxylic acids is 1. The highest BCUT2D eigenvalue weighted by Crippen LogP contribution is 2.12. The molecule has 1 aromatic carbocycles. The summed E-state index contributed by atoms with van der Waals surface area (Å²) >= 11 is 1.48. The van der Waals surface area contributed by atoms with Crippen LogP contribution in [0, 0.1) is 0 Å². The molecule has 0 fully saturated rings. The maximum atomic E-state index is 11.9. The van der Waals surface area contributed by atoms with E-state index in [1.54, 1.807) is 0 Å². The van der Waals surface area contributed by atoms with E-state index in [-0.39, 0.29) is 24.7 Å². The second-order valence-electron chi connectivity index (χ2n) is 3.94. The second-order valence-corrected chi connectivity index (χ2v) is 4.92. The van der Waals surface area contributed by atoms with Gasteiger partial charge >= 0.3 is 5.97 Å². The quantitative estimate of drug-likeness (QED) is 0.740. The average molecular weight is 279 g/mol. The van der Waals surface area contributed by atoms with E-state index in [4.69, 9.17) is 5.11 Å². The molecule has 4 nitrogen and oxygen atoms in total. The summed E-state index contributed by atoms with van der Waals surface area (Å²) in [5.74, 6) is -0.177. The number of rotatable bonds is 8. The third-order valence-corrected chi connectivity index (χ3v) is 3.35. The van der Waals surface area contributed by atoms with E-state index in [1.165, 1.54) is 22.7 Å². The van der Waals surface area contributed by atoms with Crippen molar-refractivity contribution < 1.29 is 14.7 Å². The summed E-state index contributed by atoms with van der Waals surface area (Å²) in [6, 6.07) is 9.84. The first-order valence-electron chi connectivity index (χ1n) is 5.85. The minimum atomic E-state index is -1.01. The number of aliphatic carboxylic acids is 1. The van der Waals surface area contributed by atoms with Crippen molar-refractivity contribution in [1.29, 1.82) is 0 Å². The lowest BCUT2D eigenvalue weighted by Crippen LogP contribution is -2.36. The van der Waals surface area contributed by atoms with Gasteiger partial charge in [-0.15, -0.1) is 18.3 Å². The third-order valence-electron chi connectivity index (χ3n) is 2.37. The van der Waals surface area contributed by atoms with Crippen LogP contribution in [-0.4, -0.2) is 40.7 Å². The van der Waals surface area contributed by atoms with E-state index in [2.05, 4.69) is 6.58 Å². The molecule has 0 unspecified atom stereocenters. The SMILES string of the molecule is C=CCN(CC(=O)O)C(=O)CSCc1ccccc1. The van der Waals surface area contributed by atoms with Crippen LogP contribution in [0.1, 0.15) is 5.56 Å². The number of benzene rings is 1. The van der Waals surface area contributed by atoms with Crippen LogP contribution in [0.2, 0.25) is 0 Å². The highest BCUT2D eigenvalue weighted by molar-refractivity contribution is 7.99. The van der Waals surface area contributed by atoms with E-state index in [9.17, 15) is 9.59 Å². The standard InChI is InChI=1S/C14H17NO3S/c1-2-8-15(9-14(17)18)13(16)11-19-10-12-6-4-3-5-7-12/h2-7H,1,8-11H2,(H,17,18). The van der Waals surface area contributed by atoms with E-state index < -0.39 is 5.97 Å². The first-order valence-corrected chi connectivity index (χ1v) is 7.01. The molecule has 0 aliphatic heterocycles. The van der Waals surface area contributed by atoms with Crippen LogP contribution >= 0.6 is 11.8 Å². The van der Waals surface area contributed by atoms with E-state index in [0.29, 0.717) is 0 Å². The predicted molar refractivity (Wildman–Crippen MR) is 77.0 cm³/mol. The summed E-state index contributed by atoms with van der Waals surface area (Å²) in [5.41, 5.74) is 1.15. The van der Waals surface area contributed by atoms with Gasteiger partial charge in [0.15, 0.2) is 0 Å². The van der Waals surface area contributed by atoms with Crippen molar-refractivity contribution in [2.45, 2.75) is 5.75 Å². The number of carboxylic acid groups (broad SMARTS) is 1. The molecule has 0 aliphatic rings. The molecule has 0 bridgehead atoms. The Morgan fingerprint density at radius 3 is 2.58 bits per heavy atom. The Bertz CT molecular complexity index is 434. The lowest BCUT2D eigenvalue weighted by atomic mass is 10.2. The molecule has 1 N–H and O–H groups in total. The van der Waals surface area contributed by atoms with Crippen molar-refractivity contribution in [2.75, 3.05) is 18.8 Å². The first kappa shape index (κ1) is 15.3. The van der Waals surface area contributed by atoms with Gasteiger partial charge < -0.3 is 10.0 Å². The van der Waals surface area contributed by atoms with Crippen LogP contribution in [0.15, 0.2) is 43.0 Å². The molecule has 0 saturated heterocycles. The Kier molecular flexibility index (Phi) is 6.74. The lowest BCUT2D eigenvalue weighted by molar-refractivity contribution is -0.143. The summed E-state index contributed by atoms with van der Waals surface area (Å²) in [6.45, 7) is 3.50. The largest absolute Gasteiger partial charge is 0.480 e. The Labute approximate surface area is 117 Å². The molecular weight excluding hydrogens is 262 g/mol. The van der Waals surface area contributed by atoms with Crippen LogP contribution in [0.4, 0.5) is 0 Å². The van der Waals surface area contributed by atoms with Crippen LogP contribution in [-0.2, 0) is 15.3 Å². The highest BCUT2D eigenvalue weighted by atomic mass is 32.2. The van der Waals surface area contributed by atoms with Crippen LogP contribution in [0.3, 0.4) is 0 Å². The monoisotopic (exact) mass is 279 g/mol. The Morgan fingerprint density at radius 1 is 1.32 bits per heavy atom. The normalized spacial score (nSPS) is 9.89. The number of nitrogens with zero attached hydrogens (tertiary/aromatic N) is 1. The maximum absolute atomic E-state index is 11.9. The van der Waals surface area contributed by atoms with Crippen molar-refractivity contribution in [3.05, 3.63) is 48.6 Å². The van der Waals surface area contributed by atoms with Crippen LogP contribution < -0.4 is 0 Å². The molecule has 1 rings (SSSR count). The maximum Gasteiger partial charge on any atom is 0.323 e. The van der Waals surface area contributed by atoms with Gasteiger partial charge in [0.05, 0.1) is 5.75 Å². The number of hydrogen-bond acceptors (Lipinski definition) is 3. The first-order chi connectivity index (χ1) is 9.13. The molecule has 0 radical (unpaired) electrons. The molecule has 0 aromatic heterocycles. The lowest BCUT2D eigenvalue weighted by Gasteiger charge is -2.18. The number of thioether (sulfide) groups is 1. The summed E-state index contributed by atoms with van der Waals surface area (Å²) < 4.78 is 0. The Balaban J connectivity index is 2.39. The zero-order chi connectivity index (χ0) is 14.1. The van der Waals surface area contributed by atoms with Crippen LogP contribution in [0.25, 0.3) is 0 Å². The molecule has 102 valence electrons. The summed E-state index contributed by atoms with van der Waals surface area (Å²) in [5, 5.41) is 8.73. The topological polar surface area (TPSA) is 57.6 Å². The fourth-order valence-electron chi connectivity index (χ4n) is 1.50. The summed E-state index contributed by atoms with van der Waals surface area (Å²) in [4.78, 5) is 23.8. The molecule has 19 heavy (non-hydrogen) atoms. The van der Waals surface area contributed by atoms with Gasteiger partial charge in [-0.1, -0.05) is 36.4 Å². The van der Waals surface area contributed by atoms with E-state index >= 15 is 0 Å². The summed E-state index contributed by atoms with van der Waals surface area (Å²) in [6.07, 6.45) is 1.53. The fourth-order valence-corrected chi connectivity index (χ4v) is 2.38. The molecule has 0 heterocycles. The van der Waals surface area contributed by atoms with Crippen molar-refractivity contribution >= 4 is 23.6 Å². The number of amides is 1. The Morgan fingerprint density at radius 2 is 2.00 bits per heavy atom. The van der Waals surface area contributed by atoms with Crippen molar-refractivity contribution in [2.24, 2.45) is 0 Å².